The molecule has 0 amide bonds. The second-order valence-corrected chi connectivity index (χ2v) is 6.60. The van der Waals surface area contributed by atoms with Gasteiger partial charge in [-0.3, -0.25) is 9.69 Å². The molecule has 2 aliphatic heterocycles. The van der Waals surface area contributed by atoms with E-state index in [0.29, 0.717) is 24.2 Å². The van der Waals surface area contributed by atoms with E-state index in [1.807, 2.05) is 6.07 Å². The number of esters is 1. The number of hydrogen-bond donors (Lipinski definition) is 1. The van der Waals surface area contributed by atoms with Gasteiger partial charge < -0.3 is 9.84 Å². The van der Waals surface area contributed by atoms with Crippen molar-refractivity contribution >= 4 is 11.8 Å². The number of Topliss-reactive ketones (excluding diaryl/α,β-unsaturated/α-hetero) is 1. The molecule has 5 heteroatoms. The summed E-state index contributed by atoms with van der Waals surface area (Å²) in [5.74, 6) is -0.405. The van der Waals surface area contributed by atoms with Gasteiger partial charge in [0.1, 0.15) is 11.9 Å². The molecule has 0 saturated carbocycles. The second kappa shape index (κ2) is 6.81. The van der Waals surface area contributed by atoms with Gasteiger partial charge in [-0.15, -0.1) is 0 Å². The molecule has 1 aromatic carbocycles. The van der Waals surface area contributed by atoms with Gasteiger partial charge in [0, 0.05) is 24.9 Å². The van der Waals surface area contributed by atoms with E-state index < -0.39 is 12.1 Å². The van der Waals surface area contributed by atoms with Gasteiger partial charge in [-0.05, 0) is 25.3 Å². The van der Waals surface area contributed by atoms with Crippen LogP contribution in [-0.4, -0.2) is 46.5 Å². The van der Waals surface area contributed by atoms with Gasteiger partial charge in [0.15, 0.2) is 6.10 Å². The topological polar surface area (TPSA) is 66.8 Å². The average molecular weight is 317 g/mol. The third-order valence-corrected chi connectivity index (χ3v) is 4.87. The molecule has 0 aromatic heterocycles. The summed E-state index contributed by atoms with van der Waals surface area (Å²) in [5.41, 5.74) is 0.550. The standard InChI is InChI=1S/C18H23NO4/c1-12(20)11-19-14-7-8-15(19)10-16(9-14)23-18(22)17(21)13-5-3-2-4-6-13/h2-6,14-17,21H,7-11H2,1H3/t14-,15-,17+/m0/s1. The number of nitrogens with zero attached hydrogens (tertiary/aromatic N) is 1. The summed E-state index contributed by atoms with van der Waals surface area (Å²) in [6, 6.07) is 9.45. The molecule has 2 heterocycles. The number of aliphatic hydroxyl groups excluding tert-OH is 1. The largest absolute Gasteiger partial charge is 0.460 e. The smallest absolute Gasteiger partial charge is 0.339 e. The Morgan fingerprint density at radius 3 is 2.39 bits per heavy atom. The van der Waals surface area contributed by atoms with Crippen LogP contribution in [0.2, 0.25) is 0 Å². The van der Waals surface area contributed by atoms with Gasteiger partial charge in [-0.1, -0.05) is 30.3 Å². The van der Waals surface area contributed by atoms with Gasteiger partial charge in [0.05, 0.1) is 6.54 Å². The molecule has 2 bridgehead atoms. The van der Waals surface area contributed by atoms with Crippen LogP contribution in [0.4, 0.5) is 0 Å². The van der Waals surface area contributed by atoms with Gasteiger partial charge in [-0.25, -0.2) is 4.79 Å². The Morgan fingerprint density at radius 2 is 1.83 bits per heavy atom. The lowest BCUT2D eigenvalue weighted by Crippen LogP contribution is -2.47. The minimum atomic E-state index is -1.23. The molecule has 0 aliphatic carbocycles. The molecule has 2 saturated heterocycles. The molecule has 3 atom stereocenters. The van der Waals surface area contributed by atoms with Crippen LogP contribution in [0.1, 0.15) is 44.3 Å². The summed E-state index contributed by atoms with van der Waals surface area (Å²) < 4.78 is 5.54. The van der Waals surface area contributed by atoms with E-state index >= 15 is 0 Å². The van der Waals surface area contributed by atoms with Crippen LogP contribution in [0.5, 0.6) is 0 Å². The van der Waals surface area contributed by atoms with Crippen LogP contribution in [-0.2, 0) is 14.3 Å². The van der Waals surface area contributed by atoms with Crippen molar-refractivity contribution < 1.29 is 19.4 Å². The number of rotatable bonds is 5. The van der Waals surface area contributed by atoms with Crippen molar-refractivity contribution in [2.24, 2.45) is 0 Å². The predicted octanol–water partition coefficient (Wildman–Crippen LogP) is 1.85. The fourth-order valence-corrected chi connectivity index (χ4v) is 3.84. The first kappa shape index (κ1) is 16.1. The lowest BCUT2D eigenvalue weighted by molar-refractivity contribution is -0.163. The number of ether oxygens (including phenoxy) is 1. The summed E-state index contributed by atoms with van der Waals surface area (Å²) in [4.78, 5) is 25.8. The number of ketones is 1. The number of aliphatic hydroxyl groups is 1. The number of hydrogen-bond acceptors (Lipinski definition) is 5. The summed E-state index contributed by atoms with van der Waals surface area (Å²) in [5, 5.41) is 10.1. The summed E-state index contributed by atoms with van der Waals surface area (Å²) in [6.07, 6.45) is 2.19. The monoisotopic (exact) mass is 317 g/mol. The van der Waals surface area contributed by atoms with Crippen LogP contribution >= 0.6 is 0 Å². The Bertz CT molecular complexity index is 560. The molecule has 124 valence electrons. The SMILES string of the molecule is CC(=O)CN1[C@H]2CC[C@H]1CC(OC(=O)[C@H](O)c1ccccc1)C2. The van der Waals surface area contributed by atoms with Crippen LogP contribution < -0.4 is 0 Å². The molecule has 0 radical (unpaired) electrons. The second-order valence-electron chi connectivity index (χ2n) is 6.60. The molecule has 1 aromatic rings. The number of carbonyl (C=O) groups excluding carboxylic acids is 2. The number of piperidine rings is 1. The molecule has 2 aliphatic rings. The van der Waals surface area contributed by atoms with Gasteiger partial charge in [0.25, 0.3) is 0 Å². The van der Waals surface area contributed by atoms with Crippen molar-refractivity contribution in [2.45, 2.75) is 56.9 Å². The number of fused-ring (bicyclic) bond motifs is 2. The van der Waals surface area contributed by atoms with Crippen molar-refractivity contribution in [1.82, 2.24) is 4.90 Å². The number of carbonyl (C=O) groups is 2. The molecule has 5 nitrogen and oxygen atoms in total. The van der Waals surface area contributed by atoms with Gasteiger partial charge in [0.2, 0.25) is 0 Å². The highest BCUT2D eigenvalue weighted by atomic mass is 16.6. The lowest BCUT2D eigenvalue weighted by Gasteiger charge is -2.38. The zero-order valence-corrected chi connectivity index (χ0v) is 13.4. The first-order valence-electron chi connectivity index (χ1n) is 8.23. The Morgan fingerprint density at radius 1 is 1.22 bits per heavy atom. The predicted molar refractivity (Wildman–Crippen MR) is 84.7 cm³/mol. The maximum absolute atomic E-state index is 12.2. The van der Waals surface area contributed by atoms with E-state index in [2.05, 4.69) is 4.90 Å². The van der Waals surface area contributed by atoms with E-state index in [9.17, 15) is 14.7 Å². The highest BCUT2D eigenvalue weighted by Crippen LogP contribution is 2.37. The molecule has 0 unspecified atom stereocenters. The summed E-state index contributed by atoms with van der Waals surface area (Å²) in [6.45, 7) is 2.10. The van der Waals surface area contributed by atoms with Crippen molar-refractivity contribution in [1.29, 1.82) is 0 Å². The average Bonchev–Trinajstić information content (AvgIpc) is 2.77. The summed E-state index contributed by atoms with van der Waals surface area (Å²) >= 11 is 0. The van der Waals surface area contributed by atoms with Crippen LogP contribution in [0.15, 0.2) is 30.3 Å². The molecule has 0 spiro atoms. The van der Waals surface area contributed by atoms with Crippen molar-refractivity contribution in [2.75, 3.05) is 6.54 Å². The van der Waals surface area contributed by atoms with Crippen LogP contribution in [0, 0.1) is 0 Å². The van der Waals surface area contributed by atoms with Gasteiger partial charge >= 0.3 is 5.97 Å². The third-order valence-electron chi connectivity index (χ3n) is 4.87. The lowest BCUT2D eigenvalue weighted by atomic mass is 9.99. The minimum absolute atomic E-state index is 0.165. The van der Waals surface area contributed by atoms with Crippen LogP contribution in [0.25, 0.3) is 0 Å². The Labute approximate surface area is 136 Å². The molecular formula is C18H23NO4. The molecule has 1 N–H and O–H groups in total. The number of benzene rings is 1. The molecular weight excluding hydrogens is 294 g/mol. The highest BCUT2D eigenvalue weighted by molar-refractivity contribution is 5.78. The molecule has 2 fully saturated rings. The fraction of sp³-hybridized carbons (Fsp3) is 0.556. The van der Waals surface area contributed by atoms with E-state index in [-0.39, 0.29) is 11.9 Å². The Hall–Kier alpha value is -1.72. The zero-order valence-electron chi connectivity index (χ0n) is 13.4. The Kier molecular flexibility index (Phi) is 4.78. The van der Waals surface area contributed by atoms with Gasteiger partial charge in [-0.2, -0.15) is 0 Å². The fourth-order valence-electron chi connectivity index (χ4n) is 3.84. The maximum Gasteiger partial charge on any atom is 0.339 e. The first-order valence-corrected chi connectivity index (χ1v) is 8.23. The van der Waals surface area contributed by atoms with E-state index in [0.717, 1.165) is 25.7 Å². The minimum Gasteiger partial charge on any atom is -0.460 e. The first-order chi connectivity index (χ1) is 11.0. The summed E-state index contributed by atoms with van der Waals surface area (Å²) in [7, 11) is 0. The normalized spacial score (nSPS) is 28.3. The third kappa shape index (κ3) is 3.62. The quantitative estimate of drug-likeness (QED) is 0.840. The molecule has 3 rings (SSSR count). The van der Waals surface area contributed by atoms with E-state index in [1.54, 1.807) is 31.2 Å². The van der Waals surface area contributed by atoms with E-state index in [4.69, 9.17) is 4.74 Å². The Balaban J connectivity index is 1.58. The van der Waals surface area contributed by atoms with E-state index in [1.165, 1.54) is 0 Å². The molecule has 23 heavy (non-hydrogen) atoms. The van der Waals surface area contributed by atoms with Crippen LogP contribution in [0.3, 0.4) is 0 Å². The van der Waals surface area contributed by atoms with Crippen molar-refractivity contribution in [3.63, 3.8) is 0 Å². The van der Waals surface area contributed by atoms with Crippen molar-refractivity contribution in [3.8, 4) is 0 Å². The van der Waals surface area contributed by atoms with Crippen molar-refractivity contribution in [3.05, 3.63) is 35.9 Å². The highest BCUT2D eigenvalue weighted by Gasteiger charge is 2.42. The zero-order chi connectivity index (χ0) is 16.4. The maximum atomic E-state index is 12.2.